The van der Waals surface area contributed by atoms with Crippen LogP contribution in [0.3, 0.4) is 0 Å². The van der Waals surface area contributed by atoms with E-state index in [1.165, 1.54) is 89.9 Å². The van der Waals surface area contributed by atoms with Gasteiger partial charge in [-0.3, -0.25) is 0 Å². The Bertz CT molecular complexity index is 1270. The Morgan fingerprint density at radius 2 is 1.04 bits per heavy atom. The zero-order valence-electron chi connectivity index (χ0n) is 34.1. The lowest BCUT2D eigenvalue weighted by Crippen LogP contribution is -2.64. The summed E-state index contributed by atoms with van der Waals surface area (Å²) in [6.07, 6.45) is 40.0. The second kappa shape index (κ2) is 13.8. The van der Waals surface area contributed by atoms with Crippen LogP contribution in [0.25, 0.3) is 0 Å². The number of rotatable bonds is 3. The quantitative estimate of drug-likeness (QED) is 0.272. The predicted molar refractivity (Wildman–Crippen MR) is 215 cm³/mol. The Morgan fingerprint density at radius 1 is 0.423 bits per heavy atom. The van der Waals surface area contributed by atoms with Gasteiger partial charge in [0, 0.05) is 0 Å². The van der Waals surface area contributed by atoms with Crippen molar-refractivity contribution < 1.29 is 9.47 Å². The fourth-order valence-corrected chi connectivity index (χ4v) is 19.3. The molecule has 2 nitrogen and oxygen atoms in total. The van der Waals surface area contributed by atoms with Crippen molar-refractivity contribution in [1.29, 1.82) is 0 Å². The number of hydrogen-bond acceptors (Lipinski definition) is 2. The van der Waals surface area contributed by atoms with Gasteiger partial charge in [-0.15, -0.1) is 0 Å². The molecule has 0 amide bonds. The second-order valence-corrected chi connectivity index (χ2v) is 23.9. The molecule has 2 aliphatic heterocycles. The Kier molecular flexibility index (Phi) is 9.35. The lowest BCUT2D eigenvalue weighted by molar-refractivity contribution is -0.163. The Labute approximate surface area is 320 Å². The minimum atomic E-state index is 0.394. The topological polar surface area (TPSA) is 18.5 Å². The summed E-state index contributed by atoms with van der Waals surface area (Å²) in [6.45, 7) is 8.33. The van der Waals surface area contributed by atoms with Gasteiger partial charge in [0.2, 0.25) is 0 Å². The molecule has 13 unspecified atom stereocenters. The van der Waals surface area contributed by atoms with Crippen molar-refractivity contribution >= 4 is 6.71 Å². The third-order valence-corrected chi connectivity index (χ3v) is 20.4. The SMILES string of the molecule is CC(C)(C)CC1CC2OC3CCC(C4CCCCC4)C[C@H]3B3C2C(C1)O[C@@H]1CC(C2C[C@H]4CCCC5C6CCC[C@H]7CCCC(C67)[C@@H](C2)[C@H]54)CCC31. The zero-order chi connectivity index (χ0) is 34.7. The molecule has 3 heteroatoms. The lowest BCUT2D eigenvalue weighted by Gasteiger charge is -2.64. The molecule has 0 aromatic carbocycles. The molecule has 19 atom stereocenters. The normalized spacial score (nSPS) is 54.5. The first-order valence-corrected chi connectivity index (χ1v) is 24.7. The van der Waals surface area contributed by atoms with Gasteiger partial charge in [-0.1, -0.05) is 111 Å². The van der Waals surface area contributed by atoms with Crippen LogP contribution in [0.4, 0.5) is 0 Å². The summed E-state index contributed by atoms with van der Waals surface area (Å²) in [7, 11) is 0. The number of ether oxygens (including phenoxy) is 2. The maximum Gasteiger partial charge on any atom is 0.162 e. The van der Waals surface area contributed by atoms with Crippen molar-refractivity contribution in [3.05, 3.63) is 0 Å². The van der Waals surface area contributed by atoms with Crippen LogP contribution in [0.1, 0.15) is 181 Å². The van der Waals surface area contributed by atoms with Gasteiger partial charge in [0.15, 0.2) is 6.71 Å². The predicted octanol–water partition coefficient (Wildman–Crippen LogP) is 13.1. The first-order chi connectivity index (χ1) is 25.4. The molecule has 11 aliphatic rings. The molecule has 0 aromatic heterocycles. The molecule has 0 spiro atoms. The Hall–Kier alpha value is -0.0151. The van der Waals surface area contributed by atoms with Crippen LogP contribution in [0, 0.1) is 82.3 Å². The van der Waals surface area contributed by atoms with Gasteiger partial charge in [0.1, 0.15) is 0 Å². The highest BCUT2D eigenvalue weighted by Gasteiger charge is 2.63. The van der Waals surface area contributed by atoms with E-state index in [0.29, 0.717) is 35.6 Å². The summed E-state index contributed by atoms with van der Waals surface area (Å²) < 4.78 is 15.0. The largest absolute Gasteiger partial charge is 0.376 e. The summed E-state index contributed by atoms with van der Waals surface area (Å²) in [4.78, 5) is 0. The highest BCUT2D eigenvalue weighted by atomic mass is 16.5. The molecule has 52 heavy (non-hydrogen) atoms. The average molecular weight is 711 g/mol. The standard InChI is InChI=1S/C49H79BO2/c1-49(2,3)28-29-22-44-48-45(23-29)52-43-27-33(18-20-40(43)50(48)41-26-32(19-21-42(41)51-44)30-10-5-4-6-11-30)35-24-34-14-9-16-37-36-15-7-12-31-13-8-17-38(46(31)36)39(25-35)47(34)37/h29-48H,4-28H2,1-3H3/t29?,31-,32?,33?,34+,35?,36?,37?,38?,39+,40?,41+,42?,43+,44?,45?,46?,47-,48?/m0/s1. The molecule has 0 aromatic rings. The maximum atomic E-state index is 7.66. The van der Waals surface area contributed by atoms with Crippen molar-refractivity contribution in [1.82, 2.24) is 0 Å². The van der Waals surface area contributed by atoms with E-state index in [-0.39, 0.29) is 0 Å². The minimum Gasteiger partial charge on any atom is -0.376 e. The van der Waals surface area contributed by atoms with Crippen molar-refractivity contribution in [2.24, 2.45) is 82.3 Å². The smallest absolute Gasteiger partial charge is 0.162 e. The monoisotopic (exact) mass is 711 g/mol. The maximum absolute atomic E-state index is 7.66. The van der Waals surface area contributed by atoms with Crippen LogP contribution in [-0.4, -0.2) is 31.1 Å². The van der Waals surface area contributed by atoms with Gasteiger partial charge < -0.3 is 9.47 Å². The zero-order valence-corrected chi connectivity index (χ0v) is 34.1. The van der Waals surface area contributed by atoms with E-state index in [9.17, 15) is 0 Å². The summed E-state index contributed by atoms with van der Waals surface area (Å²) in [5, 5.41) is 0. The van der Waals surface area contributed by atoms with E-state index in [4.69, 9.17) is 9.47 Å². The van der Waals surface area contributed by atoms with Crippen molar-refractivity contribution in [2.45, 2.75) is 223 Å². The van der Waals surface area contributed by atoms with Crippen LogP contribution in [0.15, 0.2) is 0 Å². The average Bonchev–Trinajstić information content (AvgIpc) is 3.15. The molecule has 11 fully saturated rings. The van der Waals surface area contributed by atoms with Gasteiger partial charge >= 0.3 is 0 Å². The van der Waals surface area contributed by atoms with Crippen molar-refractivity contribution in [3.8, 4) is 0 Å². The summed E-state index contributed by atoms with van der Waals surface area (Å²) >= 11 is 0. The molecule has 2 saturated heterocycles. The second-order valence-electron chi connectivity index (χ2n) is 23.9. The minimum absolute atomic E-state index is 0.394. The van der Waals surface area contributed by atoms with E-state index < -0.39 is 0 Å². The number of hydrogen-bond donors (Lipinski definition) is 0. The number of fused-ring (bicyclic) bond motifs is 6. The molecule has 290 valence electrons. The van der Waals surface area contributed by atoms with Gasteiger partial charge in [-0.05, 0) is 170 Å². The van der Waals surface area contributed by atoms with E-state index in [2.05, 4.69) is 20.8 Å². The highest BCUT2D eigenvalue weighted by molar-refractivity contribution is 6.65. The highest BCUT2D eigenvalue weighted by Crippen LogP contribution is 2.67. The first-order valence-electron chi connectivity index (χ1n) is 24.7. The van der Waals surface area contributed by atoms with Crippen LogP contribution >= 0.6 is 0 Å². The molecular formula is C49H79BO2. The van der Waals surface area contributed by atoms with E-state index >= 15 is 0 Å². The summed E-state index contributed by atoms with van der Waals surface area (Å²) in [6, 6.07) is 0. The molecule has 0 N–H and O–H groups in total. The van der Waals surface area contributed by atoms with E-state index in [0.717, 1.165) is 95.3 Å². The van der Waals surface area contributed by atoms with Gasteiger partial charge in [0.05, 0.1) is 24.4 Å². The van der Waals surface area contributed by atoms with Crippen molar-refractivity contribution in [2.75, 3.05) is 0 Å². The van der Waals surface area contributed by atoms with Gasteiger partial charge in [0.25, 0.3) is 0 Å². The van der Waals surface area contributed by atoms with Crippen LogP contribution < -0.4 is 0 Å². The summed E-state index contributed by atoms with van der Waals surface area (Å²) in [5.41, 5.74) is 0.394. The van der Waals surface area contributed by atoms with Crippen LogP contribution in [0.2, 0.25) is 17.5 Å². The lowest BCUT2D eigenvalue weighted by atomic mass is 9.20. The molecular weight excluding hydrogens is 631 g/mol. The van der Waals surface area contributed by atoms with E-state index in [1.807, 2.05) is 0 Å². The van der Waals surface area contributed by atoms with Gasteiger partial charge in [-0.2, -0.15) is 0 Å². The molecule has 9 aliphatic carbocycles. The van der Waals surface area contributed by atoms with Gasteiger partial charge in [-0.25, -0.2) is 0 Å². The van der Waals surface area contributed by atoms with Crippen molar-refractivity contribution in [3.63, 3.8) is 0 Å². The Morgan fingerprint density at radius 3 is 1.77 bits per heavy atom. The molecule has 2 heterocycles. The third-order valence-electron chi connectivity index (χ3n) is 20.4. The molecule has 9 saturated carbocycles. The van der Waals surface area contributed by atoms with Crippen LogP contribution in [-0.2, 0) is 9.47 Å². The molecule has 0 radical (unpaired) electrons. The molecule has 0 bridgehead atoms. The fraction of sp³-hybridized carbons (Fsp3) is 1.00. The fourth-order valence-electron chi connectivity index (χ4n) is 19.3. The van der Waals surface area contributed by atoms with Crippen LogP contribution in [0.5, 0.6) is 0 Å². The third kappa shape index (κ3) is 6.03. The first kappa shape index (κ1) is 35.2. The van der Waals surface area contributed by atoms with E-state index in [1.54, 1.807) is 70.6 Å². The Balaban J connectivity index is 0.858. The summed E-state index contributed by atoms with van der Waals surface area (Å²) in [5.74, 6) is 16.0. The molecule has 11 rings (SSSR count).